The molecular formula is C25H31N3O3. The molecule has 1 saturated heterocycles. The molecule has 0 radical (unpaired) electrons. The molecule has 0 bridgehead atoms. The summed E-state index contributed by atoms with van der Waals surface area (Å²) in [5, 5.41) is 0. The molecule has 6 nitrogen and oxygen atoms in total. The van der Waals surface area contributed by atoms with Crippen molar-refractivity contribution < 1.29 is 14.3 Å². The zero-order chi connectivity index (χ0) is 21.6. The number of imidazole rings is 1. The molecule has 2 aromatic carbocycles. The van der Waals surface area contributed by atoms with Crippen LogP contribution in [0.1, 0.15) is 49.0 Å². The maximum Gasteiger partial charge on any atom is 0.254 e. The molecule has 1 unspecified atom stereocenters. The molecule has 1 aromatic heterocycles. The number of hydrogen-bond acceptors (Lipinski definition) is 4. The molecule has 3 heterocycles. The lowest BCUT2D eigenvalue weighted by Crippen LogP contribution is -2.40. The maximum absolute atomic E-state index is 12.9. The van der Waals surface area contributed by atoms with Crippen LogP contribution in [0.25, 0.3) is 16.7 Å². The van der Waals surface area contributed by atoms with E-state index in [2.05, 4.69) is 21.7 Å². The van der Waals surface area contributed by atoms with Gasteiger partial charge in [-0.15, -0.1) is 0 Å². The summed E-state index contributed by atoms with van der Waals surface area (Å²) < 4.78 is 13.5. The maximum atomic E-state index is 12.9. The Morgan fingerprint density at radius 2 is 2.03 bits per heavy atom. The molecule has 1 fully saturated rings. The predicted octanol–water partition coefficient (Wildman–Crippen LogP) is 4.59. The zero-order valence-electron chi connectivity index (χ0n) is 18.4. The van der Waals surface area contributed by atoms with Gasteiger partial charge in [-0.05, 0) is 61.6 Å². The van der Waals surface area contributed by atoms with E-state index in [1.807, 2.05) is 55.4 Å². The Morgan fingerprint density at radius 3 is 2.87 bits per heavy atom. The van der Waals surface area contributed by atoms with Crippen LogP contribution in [0.15, 0.2) is 48.8 Å². The number of aromatic nitrogens is 2. The molecular weight excluding hydrogens is 390 g/mol. The number of rotatable bonds is 5. The molecule has 0 N–H and O–H groups in total. The van der Waals surface area contributed by atoms with Gasteiger partial charge in [-0.3, -0.25) is 9.36 Å². The number of para-hydroxylation sites is 2. The molecule has 0 saturated carbocycles. The molecule has 0 spiro atoms. The van der Waals surface area contributed by atoms with Gasteiger partial charge in [0.2, 0.25) is 0 Å². The van der Waals surface area contributed by atoms with Crippen molar-refractivity contribution in [3.05, 3.63) is 59.9 Å². The molecule has 31 heavy (non-hydrogen) atoms. The van der Waals surface area contributed by atoms with Gasteiger partial charge in [0.1, 0.15) is 6.33 Å². The summed E-state index contributed by atoms with van der Waals surface area (Å²) in [6.07, 6.45) is 5.79. The Hall–Kier alpha value is -2.70. The van der Waals surface area contributed by atoms with Crippen molar-refractivity contribution in [1.29, 1.82) is 0 Å². The van der Waals surface area contributed by atoms with E-state index < -0.39 is 0 Å². The normalized spacial score (nSPS) is 18.5. The standard InChI is InChI=1S/C23H25N3O3.C2H6/c27-23-19-9-8-18(26-16-24-20-5-1-2-6-21(20)26)15-17(19)10-11-25(23)12-14-29-22-7-3-4-13-28-22;1-2/h1-2,5-6,8-9,15-16,22H,3-4,7,10-14H2;1-2H3. The van der Waals surface area contributed by atoms with Crippen LogP contribution in [-0.4, -0.2) is 53.0 Å². The Kier molecular flexibility index (Phi) is 6.99. The van der Waals surface area contributed by atoms with Crippen LogP contribution in [0, 0.1) is 0 Å². The van der Waals surface area contributed by atoms with Crippen molar-refractivity contribution in [3.63, 3.8) is 0 Å². The van der Waals surface area contributed by atoms with Gasteiger partial charge < -0.3 is 14.4 Å². The van der Waals surface area contributed by atoms with Crippen LogP contribution in [0.2, 0.25) is 0 Å². The van der Waals surface area contributed by atoms with Crippen molar-refractivity contribution in [2.75, 3.05) is 26.3 Å². The van der Waals surface area contributed by atoms with Crippen molar-refractivity contribution in [2.45, 2.75) is 45.8 Å². The Morgan fingerprint density at radius 1 is 1.16 bits per heavy atom. The second-order valence-electron chi connectivity index (χ2n) is 7.65. The first kappa shape index (κ1) is 21.5. The van der Waals surface area contributed by atoms with Gasteiger partial charge in [-0.1, -0.05) is 26.0 Å². The van der Waals surface area contributed by atoms with E-state index in [1.54, 1.807) is 0 Å². The van der Waals surface area contributed by atoms with Crippen LogP contribution >= 0.6 is 0 Å². The third-order valence-electron chi connectivity index (χ3n) is 5.79. The van der Waals surface area contributed by atoms with Gasteiger partial charge in [0.25, 0.3) is 5.91 Å². The Balaban J connectivity index is 0.00000112. The van der Waals surface area contributed by atoms with E-state index in [0.29, 0.717) is 13.2 Å². The highest BCUT2D eigenvalue weighted by molar-refractivity contribution is 5.97. The summed E-state index contributed by atoms with van der Waals surface area (Å²) in [6.45, 7) is 6.61. The highest BCUT2D eigenvalue weighted by Gasteiger charge is 2.25. The van der Waals surface area contributed by atoms with E-state index in [4.69, 9.17) is 9.47 Å². The molecule has 2 aliphatic rings. The molecule has 6 heteroatoms. The summed E-state index contributed by atoms with van der Waals surface area (Å²) in [5.41, 5.74) is 4.96. The first-order valence-electron chi connectivity index (χ1n) is 11.4. The van der Waals surface area contributed by atoms with Gasteiger partial charge >= 0.3 is 0 Å². The quantitative estimate of drug-likeness (QED) is 0.604. The van der Waals surface area contributed by atoms with E-state index in [9.17, 15) is 4.79 Å². The van der Waals surface area contributed by atoms with E-state index in [0.717, 1.165) is 66.7 Å². The molecule has 3 aromatic rings. The fourth-order valence-corrected chi connectivity index (χ4v) is 4.19. The minimum absolute atomic E-state index is 0.0847. The van der Waals surface area contributed by atoms with Crippen molar-refractivity contribution in [1.82, 2.24) is 14.5 Å². The molecule has 1 atom stereocenters. The van der Waals surface area contributed by atoms with Crippen molar-refractivity contribution in [3.8, 4) is 5.69 Å². The van der Waals surface area contributed by atoms with Gasteiger partial charge in [0, 0.05) is 30.9 Å². The van der Waals surface area contributed by atoms with Crippen LogP contribution in [0.3, 0.4) is 0 Å². The smallest absolute Gasteiger partial charge is 0.254 e. The lowest BCUT2D eigenvalue weighted by atomic mass is 9.98. The molecule has 5 rings (SSSR count). The predicted molar refractivity (Wildman–Crippen MR) is 122 cm³/mol. The second kappa shape index (κ2) is 10.1. The van der Waals surface area contributed by atoms with Gasteiger partial charge in [0.05, 0.1) is 17.6 Å². The monoisotopic (exact) mass is 421 g/mol. The fourth-order valence-electron chi connectivity index (χ4n) is 4.19. The second-order valence-corrected chi connectivity index (χ2v) is 7.65. The van der Waals surface area contributed by atoms with Crippen LogP contribution in [0.5, 0.6) is 0 Å². The Bertz CT molecular complexity index is 1020. The number of ether oxygens (including phenoxy) is 2. The highest BCUT2D eigenvalue weighted by atomic mass is 16.7. The number of fused-ring (bicyclic) bond motifs is 2. The number of hydrogen-bond donors (Lipinski definition) is 0. The molecule has 1 amide bonds. The summed E-state index contributed by atoms with van der Waals surface area (Å²) in [7, 11) is 0. The summed E-state index contributed by atoms with van der Waals surface area (Å²) in [6, 6.07) is 14.1. The topological polar surface area (TPSA) is 56.6 Å². The van der Waals surface area contributed by atoms with Gasteiger partial charge in [-0.2, -0.15) is 0 Å². The van der Waals surface area contributed by atoms with E-state index >= 15 is 0 Å². The molecule has 0 aliphatic carbocycles. The highest BCUT2D eigenvalue weighted by Crippen LogP contribution is 2.25. The minimum atomic E-state index is -0.108. The fraction of sp³-hybridized carbons (Fsp3) is 0.440. The number of carbonyl (C=O) groups is 1. The summed E-state index contributed by atoms with van der Waals surface area (Å²) in [5.74, 6) is 0.0847. The van der Waals surface area contributed by atoms with E-state index in [-0.39, 0.29) is 12.2 Å². The largest absolute Gasteiger partial charge is 0.353 e. The number of benzene rings is 2. The van der Waals surface area contributed by atoms with Gasteiger partial charge in [-0.25, -0.2) is 4.98 Å². The van der Waals surface area contributed by atoms with Gasteiger partial charge in [0.15, 0.2) is 6.29 Å². The van der Waals surface area contributed by atoms with Crippen LogP contribution in [0.4, 0.5) is 0 Å². The zero-order valence-corrected chi connectivity index (χ0v) is 18.4. The first-order valence-corrected chi connectivity index (χ1v) is 11.4. The SMILES string of the molecule is CC.O=C1c2ccc(-n3cnc4ccccc43)cc2CCN1CCOC1CCCCO1. The van der Waals surface area contributed by atoms with E-state index in [1.165, 1.54) is 0 Å². The number of amides is 1. The minimum Gasteiger partial charge on any atom is -0.353 e. The summed E-state index contributed by atoms with van der Waals surface area (Å²) >= 11 is 0. The molecule has 164 valence electrons. The summed E-state index contributed by atoms with van der Waals surface area (Å²) in [4.78, 5) is 19.3. The third-order valence-corrected chi connectivity index (χ3v) is 5.79. The van der Waals surface area contributed by atoms with Crippen molar-refractivity contribution >= 4 is 16.9 Å². The molecule has 2 aliphatic heterocycles. The van der Waals surface area contributed by atoms with Crippen LogP contribution in [-0.2, 0) is 15.9 Å². The van der Waals surface area contributed by atoms with Crippen LogP contribution < -0.4 is 0 Å². The lowest BCUT2D eigenvalue weighted by Gasteiger charge is -2.30. The van der Waals surface area contributed by atoms with Crippen molar-refractivity contribution in [2.24, 2.45) is 0 Å². The third kappa shape index (κ3) is 4.65. The number of nitrogens with zero attached hydrogens (tertiary/aromatic N) is 3. The average molecular weight is 422 g/mol. The number of carbonyl (C=O) groups excluding carboxylic acids is 1. The average Bonchev–Trinajstić information content (AvgIpc) is 3.27. The first-order chi connectivity index (χ1) is 15.3. The Labute approximate surface area is 183 Å². The lowest BCUT2D eigenvalue weighted by molar-refractivity contribution is -0.163.